The maximum atomic E-state index is 15.3. The first-order valence-corrected chi connectivity index (χ1v) is 21.2. The van der Waals surface area contributed by atoms with Crippen LogP contribution in [-0.2, 0) is 45.8 Å². The number of likely N-dealkylation sites (N-methyl/N-ethyl adjacent to an activating group) is 1. The van der Waals surface area contributed by atoms with E-state index in [4.69, 9.17) is 18.9 Å². The largest absolute Gasteiger partial charge is 0.496 e. The number of carbonyl (C=O) groups excluding carboxylic acids is 3. The SMILES string of the molecule is CC[C@]1(O)CC2CN(CCc3c([nH]c4ccccc34)[C@@](C(=O)OC)(c3cc4c(cc3OC)N(C)C3C45CCN4CC=C[C@](CC)(C45)[C@@H](OC(C)=O)[C@]3(O)C(=O)OC)C2)C1. The van der Waals surface area contributed by atoms with E-state index in [2.05, 4.69) is 39.1 Å². The van der Waals surface area contributed by atoms with Crippen LogP contribution < -0.4 is 9.64 Å². The molecule has 3 aromatic rings. The minimum Gasteiger partial charge on any atom is -0.496 e. The molecule has 1 aromatic heterocycles. The third-order valence-electron chi connectivity index (χ3n) is 15.6. The van der Waals surface area contributed by atoms with E-state index in [1.807, 2.05) is 50.1 Å². The summed E-state index contributed by atoms with van der Waals surface area (Å²) in [5.41, 5.74) is -1.62. The molecule has 2 aromatic carbocycles. The van der Waals surface area contributed by atoms with Crippen LogP contribution >= 0.6 is 0 Å². The minimum absolute atomic E-state index is 0.0986. The van der Waals surface area contributed by atoms with Crippen LogP contribution in [0, 0.1) is 11.3 Å². The van der Waals surface area contributed by atoms with Crippen molar-refractivity contribution in [3.8, 4) is 5.75 Å². The van der Waals surface area contributed by atoms with Crippen molar-refractivity contribution in [1.29, 1.82) is 0 Å². The molecule has 13 heteroatoms. The molecule has 3 N–H and O–H groups in total. The molecule has 10 atom stereocenters. The van der Waals surface area contributed by atoms with E-state index < -0.39 is 57.5 Å². The van der Waals surface area contributed by atoms with E-state index in [-0.39, 0.29) is 12.0 Å². The molecule has 59 heavy (non-hydrogen) atoms. The molecule has 1 spiro atoms. The van der Waals surface area contributed by atoms with Crippen molar-refractivity contribution in [3.63, 3.8) is 0 Å². The van der Waals surface area contributed by atoms with Gasteiger partial charge in [-0.2, -0.15) is 0 Å². The highest BCUT2D eigenvalue weighted by Crippen LogP contribution is 2.68. The number of nitrogens with zero attached hydrogens (tertiary/aromatic N) is 3. The van der Waals surface area contributed by atoms with E-state index in [0.717, 1.165) is 33.4 Å². The topological polar surface area (TPSA) is 154 Å². The number of benzene rings is 2. The Morgan fingerprint density at radius 3 is 2.41 bits per heavy atom. The number of hydrogen-bond acceptors (Lipinski definition) is 12. The van der Waals surface area contributed by atoms with Crippen LogP contribution in [0.2, 0.25) is 0 Å². The molecule has 13 nitrogen and oxygen atoms in total. The van der Waals surface area contributed by atoms with Crippen LogP contribution in [0.3, 0.4) is 0 Å². The van der Waals surface area contributed by atoms with E-state index in [1.54, 1.807) is 7.11 Å². The number of anilines is 1. The summed E-state index contributed by atoms with van der Waals surface area (Å²) in [6.45, 7) is 8.62. The summed E-state index contributed by atoms with van der Waals surface area (Å²) in [6, 6.07) is 11.0. The summed E-state index contributed by atoms with van der Waals surface area (Å²) >= 11 is 0. The lowest BCUT2D eigenvalue weighted by Gasteiger charge is -2.63. The minimum atomic E-state index is -2.30. The molecule has 2 bridgehead atoms. The number of ether oxygens (including phenoxy) is 4. The predicted octanol–water partition coefficient (Wildman–Crippen LogP) is 3.99. The number of piperidine rings is 1. The number of hydrogen-bond donors (Lipinski definition) is 3. The fourth-order valence-corrected chi connectivity index (χ4v) is 13.5. The summed E-state index contributed by atoms with van der Waals surface area (Å²) in [6.07, 6.45) is 5.94. The van der Waals surface area contributed by atoms with Gasteiger partial charge in [0.05, 0.1) is 33.0 Å². The molecule has 1 aliphatic carbocycles. The zero-order valence-electron chi connectivity index (χ0n) is 35.3. The van der Waals surface area contributed by atoms with Gasteiger partial charge in [0.1, 0.15) is 11.2 Å². The molecular formula is C46H58N4O9. The standard InChI is InChI=1S/C46H58N4O9/c1-8-42(54)23-28-24-45(40(52)57-6,36-30(15-19-49(25-28)26-42)29-13-10-11-14-33(29)47-36)32-21-31-34(22-35(32)56-5)48(4)38-44(31)17-20-50-18-12-16-43(9-2,37(44)50)39(59-27(3)51)46(38,55)41(53)58-7/h10-14,16,21-22,28,37-39,47,54-55H,8-9,15,17-20,23-26H2,1-7H3/t28?,37?,38?,39-,42+,43-,44?,45+,46+/m1/s1. The first-order valence-electron chi connectivity index (χ1n) is 21.2. The van der Waals surface area contributed by atoms with Gasteiger partial charge in [-0.15, -0.1) is 0 Å². The molecule has 5 aliphatic heterocycles. The smallest absolute Gasteiger partial charge is 0.344 e. The van der Waals surface area contributed by atoms with Gasteiger partial charge in [0, 0.05) is 90.9 Å². The Balaban J connectivity index is 1.36. The van der Waals surface area contributed by atoms with Gasteiger partial charge in [-0.25, -0.2) is 4.79 Å². The monoisotopic (exact) mass is 810 g/mol. The van der Waals surface area contributed by atoms with Crippen LogP contribution in [0.15, 0.2) is 48.6 Å². The average molecular weight is 811 g/mol. The summed E-state index contributed by atoms with van der Waals surface area (Å²) in [5, 5.41) is 26.3. The Kier molecular flexibility index (Phi) is 9.36. The first-order chi connectivity index (χ1) is 28.2. The Morgan fingerprint density at radius 2 is 1.71 bits per heavy atom. The summed E-state index contributed by atoms with van der Waals surface area (Å²) in [7, 11) is 6.15. The molecule has 6 aliphatic rings. The number of methoxy groups -OCH3 is 3. The van der Waals surface area contributed by atoms with Gasteiger partial charge in [-0.05, 0) is 74.2 Å². The molecular weight excluding hydrogens is 753 g/mol. The number of aromatic nitrogens is 1. The quantitative estimate of drug-likeness (QED) is 0.180. The van der Waals surface area contributed by atoms with Crippen molar-refractivity contribution in [2.75, 3.05) is 66.0 Å². The number of fused-ring (bicyclic) bond motifs is 6. The Morgan fingerprint density at radius 1 is 0.949 bits per heavy atom. The number of para-hydroxylation sites is 1. The van der Waals surface area contributed by atoms with Crippen LogP contribution in [0.1, 0.15) is 75.3 Å². The number of esters is 3. The third-order valence-corrected chi connectivity index (χ3v) is 15.6. The third kappa shape index (κ3) is 5.20. The lowest BCUT2D eigenvalue weighted by Crippen LogP contribution is -2.81. The first kappa shape index (κ1) is 40.0. The van der Waals surface area contributed by atoms with Gasteiger partial charge in [0.2, 0.25) is 5.60 Å². The molecule has 5 unspecified atom stereocenters. The maximum absolute atomic E-state index is 15.3. The molecule has 0 radical (unpaired) electrons. The molecule has 1 saturated carbocycles. The second-order valence-electron chi connectivity index (χ2n) is 18.2. The summed E-state index contributed by atoms with van der Waals surface area (Å²) in [5.74, 6) is -1.56. The second kappa shape index (κ2) is 13.8. The number of aliphatic hydroxyl groups is 2. The van der Waals surface area contributed by atoms with Gasteiger partial charge in [0.25, 0.3) is 0 Å². The van der Waals surface area contributed by atoms with Crippen molar-refractivity contribution < 1.29 is 43.5 Å². The Labute approximate surface area is 345 Å². The molecule has 6 heterocycles. The van der Waals surface area contributed by atoms with Crippen LogP contribution in [0.4, 0.5) is 5.69 Å². The van der Waals surface area contributed by atoms with Crippen LogP contribution in [-0.4, -0.2) is 133 Å². The van der Waals surface area contributed by atoms with E-state index in [1.165, 1.54) is 21.1 Å². The lowest BCUT2D eigenvalue weighted by atomic mass is 9.47. The predicted molar refractivity (Wildman–Crippen MR) is 220 cm³/mol. The van der Waals surface area contributed by atoms with E-state index in [0.29, 0.717) is 82.6 Å². The fraction of sp³-hybridized carbons (Fsp3) is 0.587. The Hall–Kier alpha value is -4.43. The van der Waals surface area contributed by atoms with Crippen molar-refractivity contribution in [3.05, 3.63) is 70.9 Å². The fourth-order valence-electron chi connectivity index (χ4n) is 13.5. The van der Waals surface area contributed by atoms with Crippen LogP contribution in [0.5, 0.6) is 5.75 Å². The zero-order valence-corrected chi connectivity index (χ0v) is 35.3. The number of H-pyrrole nitrogens is 1. The van der Waals surface area contributed by atoms with Gasteiger partial charge < -0.3 is 39.0 Å². The number of rotatable bonds is 7. The molecule has 316 valence electrons. The van der Waals surface area contributed by atoms with Crippen molar-refractivity contribution in [2.45, 2.75) is 99.5 Å². The highest BCUT2D eigenvalue weighted by atomic mass is 16.6. The zero-order chi connectivity index (χ0) is 41.9. The normalized spacial score (nSPS) is 37.0. The summed E-state index contributed by atoms with van der Waals surface area (Å²) < 4.78 is 23.9. The molecule has 2 saturated heterocycles. The number of carbonyl (C=O) groups is 3. The van der Waals surface area contributed by atoms with Gasteiger partial charge >= 0.3 is 17.9 Å². The van der Waals surface area contributed by atoms with Gasteiger partial charge in [0.15, 0.2) is 6.10 Å². The molecule has 3 fully saturated rings. The summed E-state index contributed by atoms with van der Waals surface area (Å²) in [4.78, 5) is 53.2. The molecule has 0 amide bonds. The molecule has 9 rings (SSSR count). The maximum Gasteiger partial charge on any atom is 0.344 e. The number of nitrogens with one attached hydrogen (secondary N) is 1. The lowest BCUT2D eigenvalue weighted by molar-refractivity contribution is -0.228. The van der Waals surface area contributed by atoms with E-state index in [9.17, 15) is 19.8 Å². The van der Waals surface area contributed by atoms with Gasteiger partial charge in [-0.3, -0.25) is 19.4 Å². The van der Waals surface area contributed by atoms with E-state index >= 15 is 4.79 Å². The Bertz CT molecular complexity index is 2260. The second-order valence-corrected chi connectivity index (χ2v) is 18.2. The van der Waals surface area contributed by atoms with Crippen molar-refractivity contribution in [1.82, 2.24) is 14.8 Å². The van der Waals surface area contributed by atoms with Crippen molar-refractivity contribution in [2.24, 2.45) is 11.3 Å². The van der Waals surface area contributed by atoms with Crippen molar-refractivity contribution >= 4 is 34.5 Å². The highest BCUT2D eigenvalue weighted by Gasteiger charge is 2.80. The average Bonchev–Trinajstić information content (AvgIpc) is 3.90. The number of aromatic amines is 1. The highest BCUT2D eigenvalue weighted by molar-refractivity contribution is 5.95. The van der Waals surface area contributed by atoms with Crippen LogP contribution in [0.25, 0.3) is 10.9 Å². The van der Waals surface area contributed by atoms with Gasteiger partial charge in [-0.1, -0.05) is 44.2 Å².